The molecule has 0 aliphatic rings. The Kier molecular flexibility index (Phi) is 4.82. The first kappa shape index (κ1) is 12.5. The van der Waals surface area contributed by atoms with Crippen molar-refractivity contribution in [2.45, 2.75) is 33.1 Å². The Bertz CT molecular complexity index is 326. The minimum absolute atomic E-state index is 0.186. The number of nitrogens with zero attached hydrogens (tertiary/aromatic N) is 2. The lowest BCUT2D eigenvalue weighted by molar-refractivity contribution is 0.252. The van der Waals surface area contributed by atoms with Crippen molar-refractivity contribution in [1.29, 1.82) is 0 Å². The third kappa shape index (κ3) is 3.92. The molecule has 16 heavy (non-hydrogen) atoms. The summed E-state index contributed by atoms with van der Waals surface area (Å²) in [5, 5.41) is 9.63. The van der Waals surface area contributed by atoms with Gasteiger partial charge in [-0.2, -0.15) is 5.10 Å². The molecular weight excluding hydrogens is 204 g/mol. The number of hydrogen-bond acceptors (Lipinski definition) is 2. The molecule has 1 aromatic rings. The maximum atomic E-state index is 11.4. The van der Waals surface area contributed by atoms with Crippen molar-refractivity contribution in [1.82, 2.24) is 15.1 Å². The Morgan fingerprint density at radius 2 is 2.25 bits per heavy atom. The van der Waals surface area contributed by atoms with Crippen molar-refractivity contribution < 1.29 is 4.79 Å². The van der Waals surface area contributed by atoms with Gasteiger partial charge in [0.2, 0.25) is 0 Å². The summed E-state index contributed by atoms with van der Waals surface area (Å²) in [6.07, 6.45) is 3.32. The van der Waals surface area contributed by atoms with Crippen LogP contribution in [0.25, 0.3) is 0 Å². The summed E-state index contributed by atoms with van der Waals surface area (Å²) in [4.78, 5) is 11.4. The molecule has 2 amide bonds. The highest BCUT2D eigenvalue weighted by Gasteiger charge is 2.04. The molecule has 90 valence electrons. The molecular formula is C11H20N4O. The zero-order chi connectivity index (χ0) is 12.0. The topological polar surface area (TPSA) is 59.0 Å². The van der Waals surface area contributed by atoms with Gasteiger partial charge in [-0.1, -0.05) is 19.8 Å². The Morgan fingerprint density at radius 1 is 1.50 bits per heavy atom. The molecule has 1 aromatic heterocycles. The van der Waals surface area contributed by atoms with E-state index in [0.29, 0.717) is 12.4 Å². The van der Waals surface area contributed by atoms with Gasteiger partial charge in [0.15, 0.2) is 5.82 Å². The molecule has 0 aliphatic carbocycles. The number of rotatable bonds is 5. The molecule has 0 aromatic carbocycles. The third-order valence-electron chi connectivity index (χ3n) is 2.42. The summed E-state index contributed by atoms with van der Waals surface area (Å²) in [7, 11) is 1.85. The van der Waals surface area contributed by atoms with E-state index in [1.807, 2.05) is 20.0 Å². The van der Waals surface area contributed by atoms with Crippen LogP contribution in [0.5, 0.6) is 0 Å². The molecule has 0 saturated heterocycles. The van der Waals surface area contributed by atoms with Crippen LogP contribution in [0.15, 0.2) is 6.07 Å². The van der Waals surface area contributed by atoms with Crippen LogP contribution in [0.1, 0.15) is 31.9 Å². The number of amides is 2. The molecule has 0 bridgehead atoms. The fraction of sp³-hybridized carbons (Fsp3) is 0.636. The van der Waals surface area contributed by atoms with E-state index in [0.717, 1.165) is 25.0 Å². The van der Waals surface area contributed by atoms with Crippen LogP contribution in [0.4, 0.5) is 10.6 Å². The summed E-state index contributed by atoms with van der Waals surface area (Å²) >= 11 is 0. The number of anilines is 1. The molecule has 0 aliphatic heterocycles. The molecule has 1 rings (SSSR count). The van der Waals surface area contributed by atoms with Crippen molar-refractivity contribution >= 4 is 11.8 Å². The summed E-state index contributed by atoms with van der Waals surface area (Å²) in [6, 6.07) is 1.65. The zero-order valence-electron chi connectivity index (χ0n) is 10.2. The fourth-order valence-electron chi connectivity index (χ4n) is 1.36. The van der Waals surface area contributed by atoms with E-state index in [2.05, 4.69) is 22.7 Å². The molecule has 1 heterocycles. The fourth-order valence-corrected chi connectivity index (χ4v) is 1.36. The first-order valence-electron chi connectivity index (χ1n) is 5.69. The lowest BCUT2D eigenvalue weighted by Gasteiger charge is -2.04. The third-order valence-corrected chi connectivity index (χ3v) is 2.42. The second-order valence-electron chi connectivity index (χ2n) is 3.88. The maximum absolute atomic E-state index is 11.4. The lowest BCUT2D eigenvalue weighted by Crippen LogP contribution is -2.29. The second-order valence-corrected chi connectivity index (χ2v) is 3.88. The molecule has 0 unspecified atom stereocenters. The maximum Gasteiger partial charge on any atom is 0.320 e. The number of carbonyl (C=O) groups excluding carboxylic acids is 1. The molecule has 0 radical (unpaired) electrons. The molecule has 0 saturated carbocycles. The van der Waals surface area contributed by atoms with Gasteiger partial charge >= 0.3 is 6.03 Å². The number of urea groups is 1. The van der Waals surface area contributed by atoms with Gasteiger partial charge < -0.3 is 5.32 Å². The van der Waals surface area contributed by atoms with Gasteiger partial charge in [0, 0.05) is 25.4 Å². The van der Waals surface area contributed by atoms with E-state index in [1.165, 1.54) is 0 Å². The summed E-state index contributed by atoms with van der Waals surface area (Å²) in [6.45, 7) is 4.79. The molecule has 2 N–H and O–H groups in total. The van der Waals surface area contributed by atoms with E-state index in [-0.39, 0.29) is 6.03 Å². The highest BCUT2D eigenvalue weighted by molar-refractivity contribution is 5.88. The van der Waals surface area contributed by atoms with Gasteiger partial charge in [-0.15, -0.1) is 0 Å². The number of carbonyl (C=O) groups is 1. The van der Waals surface area contributed by atoms with Gasteiger partial charge in [-0.3, -0.25) is 10.00 Å². The Hall–Kier alpha value is -1.52. The molecule has 5 nitrogen and oxygen atoms in total. The predicted octanol–water partition coefficient (Wildman–Crippen LogP) is 2.04. The summed E-state index contributed by atoms with van der Waals surface area (Å²) in [5.74, 6) is 0.591. The average molecular weight is 224 g/mol. The van der Waals surface area contributed by atoms with Crippen molar-refractivity contribution in [3.63, 3.8) is 0 Å². The first-order valence-corrected chi connectivity index (χ1v) is 5.69. The van der Waals surface area contributed by atoms with Crippen LogP contribution in [-0.2, 0) is 7.05 Å². The normalized spacial score (nSPS) is 10.2. The van der Waals surface area contributed by atoms with Gasteiger partial charge in [-0.05, 0) is 13.3 Å². The predicted molar refractivity (Wildman–Crippen MR) is 64.5 cm³/mol. The molecule has 5 heteroatoms. The van der Waals surface area contributed by atoms with E-state index < -0.39 is 0 Å². The Morgan fingerprint density at radius 3 is 2.81 bits per heavy atom. The van der Waals surface area contributed by atoms with E-state index in [1.54, 1.807) is 4.68 Å². The average Bonchev–Trinajstić information content (AvgIpc) is 2.53. The summed E-state index contributed by atoms with van der Waals surface area (Å²) in [5.41, 5.74) is 1.02. The van der Waals surface area contributed by atoms with E-state index >= 15 is 0 Å². The van der Waals surface area contributed by atoms with Gasteiger partial charge in [-0.25, -0.2) is 4.79 Å². The lowest BCUT2D eigenvalue weighted by atomic mass is 10.2. The highest BCUT2D eigenvalue weighted by Crippen LogP contribution is 2.06. The number of aromatic nitrogens is 2. The number of unbranched alkanes of at least 4 members (excludes halogenated alkanes) is 2. The van der Waals surface area contributed by atoms with Crippen molar-refractivity contribution in [2.24, 2.45) is 7.05 Å². The zero-order valence-corrected chi connectivity index (χ0v) is 10.2. The minimum Gasteiger partial charge on any atom is -0.338 e. The number of aryl methyl sites for hydroxylation is 2. The van der Waals surface area contributed by atoms with E-state index in [4.69, 9.17) is 0 Å². The largest absolute Gasteiger partial charge is 0.338 e. The smallest absolute Gasteiger partial charge is 0.320 e. The van der Waals surface area contributed by atoms with Gasteiger partial charge in [0.1, 0.15) is 0 Å². The number of hydrogen-bond donors (Lipinski definition) is 2. The van der Waals surface area contributed by atoms with Crippen LogP contribution in [-0.4, -0.2) is 22.4 Å². The highest BCUT2D eigenvalue weighted by atomic mass is 16.2. The van der Waals surface area contributed by atoms with E-state index in [9.17, 15) is 4.79 Å². The van der Waals surface area contributed by atoms with Crippen molar-refractivity contribution in [2.75, 3.05) is 11.9 Å². The minimum atomic E-state index is -0.186. The molecule has 0 spiro atoms. The standard InChI is InChI=1S/C11H20N4O/c1-4-5-6-7-12-11(16)13-10-8-9(2)15(3)14-10/h8H,4-7H2,1-3H3,(H2,12,13,14,16). The van der Waals surface area contributed by atoms with Crippen molar-refractivity contribution in [3.05, 3.63) is 11.8 Å². The van der Waals surface area contributed by atoms with Gasteiger partial charge in [0.05, 0.1) is 0 Å². The molecule has 0 atom stereocenters. The quantitative estimate of drug-likeness (QED) is 0.752. The van der Waals surface area contributed by atoms with Crippen LogP contribution in [0, 0.1) is 6.92 Å². The SMILES string of the molecule is CCCCCNC(=O)Nc1cc(C)n(C)n1. The summed E-state index contributed by atoms with van der Waals surface area (Å²) < 4.78 is 1.73. The first-order chi connectivity index (χ1) is 7.63. The van der Waals surface area contributed by atoms with Crippen LogP contribution < -0.4 is 10.6 Å². The van der Waals surface area contributed by atoms with Crippen LogP contribution in [0.3, 0.4) is 0 Å². The van der Waals surface area contributed by atoms with Crippen LogP contribution >= 0.6 is 0 Å². The second kappa shape index (κ2) is 6.15. The molecule has 0 fully saturated rings. The Balaban J connectivity index is 2.28. The van der Waals surface area contributed by atoms with Crippen LogP contribution in [0.2, 0.25) is 0 Å². The monoisotopic (exact) mass is 224 g/mol. The van der Waals surface area contributed by atoms with Crippen molar-refractivity contribution in [3.8, 4) is 0 Å². The Labute approximate surface area is 96.2 Å². The van der Waals surface area contributed by atoms with Gasteiger partial charge in [0.25, 0.3) is 0 Å². The number of nitrogens with one attached hydrogen (secondary N) is 2.